The molecule has 5 nitrogen and oxygen atoms in total. The topological polar surface area (TPSA) is 65.0 Å². The third-order valence-electron chi connectivity index (χ3n) is 1.32. The molecule has 0 aromatic rings. The van der Waals surface area contributed by atoms with Gasteiger partial charge < -0.3 is 19.3 Å². The molecule has 0 aromatic heterocycles. The van der Waals surface area contributed by atoms with Gasteiger partial charge in [-0.25, -0.2) is 0 Å². The maximum Gasteiger partial charge on any atom is 0.302 e. The molecule has 0 saturated carbocycles. The first-order valence-corrected chi connectivity index (χ1v) is 5.58. The van der Waals surface area contributed by atoms with Crippen molar-refractivity contribution in [2.45, 2.75) is 27.2 Å². The second kappa shape index (κ2) is 16.8. The predicted octanol–water partition coefficient (Wildman–Crippen LogP) is 0.991. The summed E-state index contributed by atoms with van der Waals surface area (Å²) < 4.78 is 14.4. The van der Waals surface area contributed by atoms with Gasteiger partial charge in [-0.15, -0.1) is 0 Å². The van der Waals surface area contributed by atoms with Crippen molar-refractivity contribution in [2.75, 3.05) is 39.6 Å². The standard InChI is InChI=1S/C6H12O3.C5H12O2/c1-3-8-4-5-9-6(2)7;1-2-4-7-5-3-6/h3-5H2,1-2H3;6H,2-5H2,1H3. The Kier molecular flexibility index (Phi) is 18.6. The molecule has 5 heteroatoms. The molecule has 0 aliphatic heterocycles. The molecule has 0 rings (SSSR count). The molecule has 0 unspecified atom stereocenters. The van der Waals surface area contributed by atoms with E-state index >= 15 is 0 Å². The number of aliphatic hydroxyl groups excluding tert-OH is 1. The Bertz CT molecular complexity index is 134. The first-order chi connectivity index (χ1) is 7.68. The molecule has 0 fully saturated rings. The summed E-state index contributed by atoms with van der Waals surface area (Å²) in [4.78, 5) is 10.1. The maximum atomic E-state index is 10.1. The van der Waals surface area contributed by atoms with Crippen molar-refractivity contribution in [3.05, 3.63) is 0 Å². The van der Waals surface area contributed by atoms with Crippen molar-refractivity contribution >= 4 is 5.97 Å². The van der Waals surface area contributed by atoms with E-state index in [-0.39, 0.29) is 12.6 Å². The van der Waals surface area contributed by atoms with Crippen molar-refractivity contribution in [1.82, 2.24) is 0 Å². The van der Waals surface area contributed by atoms with Crippen molar-refractivity contribution in [1.29, 1.82) is 0 Å². The van der Waals surface area contributed by atoms with Crippen LogP contribution in [-0.2, 0) is 19.0 Å². The number of rotatable bonds is 8. The molecule has 0 spiro atoms. The molecule has 0 saturated heterocycles. The first-order valence-electron chi connectivity index (χ1n) is 5.58. The number of hydrogen-bond acceptors (Lipinski definition) is 5. The van der Waals surface area contributed by atoms with Crippen LogP contribution in [-0.4, -0.2) is 50.7 Å². The van der Waals surface area contributed by atoms with E-state index in [4.69, 9.17) is 14.6 Å². The highest BCUT2D eigenvalue weighted by Crippen LogP contribution is 1.77. The lowest BCUT2D eigenvalue weighted by Crippen LogP contribution is -2.06. The molecule has 16 heavy (non-hydrogen) atoms. The molecule has 0 aromatic carbocycles. The Hall–Kier alpha value is -0.650. The Morgan fingerprint density at radius 1 is 1.06 bits per heavy atom. The largest absolute Gasteiger partial charge is 0.463 e. The van der Waals surface area contributed by atoms with Crippen LogP contribution in [0.25, 0.3) is 0 Å². The molecule has 0 amide bonds. The third-order valence-corrected chi connectivity index (χ3v) is 1.32. The second-order valence-corrected chi connectivity index (χ2v) is 2.87. The van der Waals surface area contributed by atoms with E-state index in [0.717, 1.165) is 13.0 Å². The molecular weight excluding hydrogens is 212 g/mol. The number of aliphatic hydroxyl groups is 1. The fourth-order valence-corrected chi connectivity index (χ4v) is 0.700. The monoisotopic (exact) mass is 236 g/mol. The first kappa shape index (κ1) is 17.7. The summed E-state index contributed by atoms with van der Waals surface area (Å²) in [6.45, 7) is 8.23. The van der Waals surface area contributed by atoms with Crippen molar-refractivity contribution in [3.8, 4) is 0 Å². The molecule has 98 valence electrons. The van der Waals surface area contributed by atoms with Crippen LogP contribution in [0.3, 0.4) is 0 Å². The number of hydrogen-bond donors (Lipinski definition) is 1. The minimum Gasteiger partial charge on any atom is -0.463 e. The fourth-order valence-electron chi connectivity index (χ4n) is 0.700. The van der Waals surface area contributed by atoms with Gasteiger partial charge in [0.25, 0.3) is 0 Å². The summed E-state index contributed by atoms with van der Waals surface area (Å²) in [5.74, 6) is -0.255. The van der Waals surface area contributed by atoms with Crippen LogP contribution in [0.5, 0.6) is 0 Å². The Labute approximate surface area is 97.7 Å². The van der Waals surface area contributed by atoms with E-state index in [2.05, 4.69) is 4.74 Å². The lowest BCUT2D eigenvalue weighted by Gasteiger charge is -1.99. The van der Waals surface area contributed by atoms with E-state index in [9.17, 15) is 4.79 Å². The Morgan fingerprint density at radius 3 is 2.19 bits per heavy atom. The quantitative estimate of drug-likeness (QED) is 0.503. The lowest BCUT2D eigenvalue weighted by molar-refractivity contribution is -0.142. The van der Waals surface area contributed by atoms with Crippen molar-refractivity contribution in [3.63, 3.8) is 0 Å². The summed E-state index contributed by atoms with van der Waals surface area (Å²) in [5.41, 5.74) is 0. The minimum absolute atomic E-state index is 0.139. The van der Waals surface area contributed by atoms with Gasteiger partial charge in [0.05, 0.1) is 19.8 Å². The van der Waals surface area contributed by atoms with E-state index < -0.39 is 0 Å². The summed E-state index contributed by atoms with van der Waals surface area (Å²) in [6.07, 6.45) is 1.03. The zero-order valence-electron chi connectivity index (χ0n) is 10.5. The fraction of sp³-hybridized carbons (Fsp3) is 0.909. The van der Waals surface area contributed by atoms with Crippen molar-refractivity contribution in [2.24, 2.45) is 0 Å². The second-order valence-electron chi connectivity index (χ2n) is 2.87. The van der Waals surface area contributed by atoms with Gasteiger partial charge in [-0.1, -0.05) is 6.92 Å². The van der Waals surface area contributed by atoms with Crippen LogP contribution in [0.15, 0.2) is 0 Å². The predicted molar refractivity (Wildman–Crippen MR) is 61.3 cm³/mol. The molecule has 1 N–H and O–H groups in total. The van der Waals surface area contributed by atoms with Gasteiger partial charge in [0, 0.05) is 20.1 Å². The van der Waals surface area contributed by atoms with Crippen LogP contribution in [0.2, 0.25) is 0 Å². The highest BCUT2D eigenvalue weighted by atomic mass is 16.6. The molecule has 0 atom stereocenters. The van der Waals surface area contributed by atoms with E-state index in [1.807, 2.05) is 13.8 Å². The maximum absolute atomic E-state index is 10.1. The SMILES string of the molecule is CCCOCCO.CCOCCOC(C)=O. The van der Waals surface area contributed by atoms with Gasteiger partial charge in [0.15, 0.2) is 0 Å². The van der Waals surface area contributed by atoms with E-state index in [1.165, 1.54) is 6.92 Å². The van der Waals surface area contributed by atoms with Crippen LogP contribution >= 0.6 is 0 Å². The van der Waals surface area contributed by atoms with Gasteiger partial charge in [0.1, 0.15) is 6.61 Å². The summed E-state index contributed by atoms with van der Waals surface area (Å²) >= 11 is 0. The van der Waals surface area contributed by atoms with Gasteiger partial charge in [-0.3, -0.25) is 4.79 Å². The van der Waals surface area contributed by atoms with Crippen LogP contribution < -0.4 is 0 Å². The van der Waals surface area contributed by atoms with Crippen LogP contribution in [0, 0.1) is 0 Å². The number of ether oxygens (including phenoxy) is 3. The van der Waals surface area contributed by atoms with Gasteiger partial charge in [0.2, 0.25) is 0 Å². The minimum atomic E-state index is -0.255. The highest BCUT2D eigenvalue weighted by Gasteiger charge is 1.89. The molecule has 0 bridgehead atoms. The van der Waals surface area contributed by atoms with E-state index in [0.29, 0.717) is 26.4 Å². The average molecular weight is 236 g/mol. The molecule has 0 aliphatic carbocycles. The van der Waals surface area contributed by atoms with Crippen LogP contribution in [0.4, 0.5) is 0 Å². The molecular formula is C11H24O5. The normalized spacial score (nSPS) is 9.25. The van der Waals surface area contributed by atoms with Gasteiger partial charge in [-0.05, 0) is 13.3 Å². The summed E-state index contributed by atoms with van der Waals surface area (Å²) in [7, 11) is 0. The molecule has 0 heterocycles. The highest BCUT2D eigenvalue weighted by molar-refractivity contribution is 5.65. The lowest BCUT2D eigenvalue weighted by atomic mass is 10.5. The zero-order valence-corrected chi connectivity index (χ0v) is 10.5. The van der Waals surface area contributed by atoms with Gasteiger partial charge in [-0.2, -0.15) is 0 Å². The summed E-state index contributed by atoms with van der Waals surface area (Å²) in [6, 6.07) is 0. The third kappa shape index (κ3) is 23.3. The van der Waals surface area contributed by atoms with Gasteiger partial charge >= 0.3 is 5.97 Å². The Balaban J connectivity index is 0. The van der Waals surface area contributed by atoms with E-state index in [1.54, 1.807) is 0 Å². The smallest absolute Gasteiger partial charge is 0.302 e. The number of esters is 1. The van der Waals surface area contributed by atoms with Crippen molar-refractivity contribution < 1.29 is 24.1 Å². The Morgan fingerprint density at radius 2 is 1.75 bits per heavy atom. The molecule has 0 aliphatic rings. The molecule has 0 radical (unpaired) electrons. The average Bonchev–Trinajstić information content (AvgIpc) is 2.26. The summed E-state index contributed by atoms with van der Waals surface area (Å²) in [5, 5.41) is 8.17. The van der Waals surface area contributed by atoms with Crippen LogP contribution in [0.1, 0.15) is 27.2 Å². The number of carbonyl (C=O) groups is 1. The zero-order chi connectivity index (χ0) is 12.6. The number of carbonyl (C=O) groups excluding carboxylic acids is 1.